The molecule has 0 aliphatic heterocycles. The largest absolute Gasteiger partial charge is 0.495 e. The van der Waals surface area contributed by atoms with Gasteiger partial charge in [-0.05, 0) is 47.0 Å². The second kappa shape index (κ2) is 6.61. The van der Waals surface area contributed by atoms with E-state index in [9.17, 15) is 5.26 Å². The summed E-state index contributed by atoms with van der Waals surface area (Å²) in [6, 6.07) is 16.3. The first kappa shape index (κ1) is 17.2. The number of imidazole rings is 1. The van der Waals surface area contributed by atoms with Crippen molar-refractivity contribution in [3.05, 3.63) is 83.4 Å². The van der Waals surface area contributed by atoms with Gasteiger partial charge in [-0.25, -0.2) is 4.98 Å². The molecule has 0 saturated heterocycles. The summed E-state index contributed by atoms with van der Waals surface area (Å²) >= 11 is 0. The molecule has 0 fully saturated rings. The summed E-state index contributed by atoms with van der Waals surface area (Å²) in [4.78, 5) is 9.11. The lowest BCUT2D eigenvalue weighted by Crippen LogP contribution is -1.94. The van der Waals surface area contributed by atoms with E-state index in [1.165, 1.54) is 5.57 Å². The molecule has 0 spiro atoms. The fourth-order valence-corrected chi connectivity index (χ4v) is 3.89. The molecular weight excluding hydrogens is 360 g/mol. The van der Waals surface area contributed by atoms with Crippen molar-refractivity contribution in [1.82, 2.24) is 14.5 Å². The predicted octanol–water partition coefficient (Wildman–Crippen LogP) is 4.50. The number of hydrogen-bond acceptors (Lipinski definition) is 4. The van der Waals surface area contributed by atoms with Crippen LogP contribution in [0.3, 0.4) is 0 Å². The van der Waals surface area contributed by atoms with E-state index in [4.69, 9.17) is 9.72 Å². The maximum atomic E-state index is 9.22. The fraction of sp³-hybridized carbons (Fsp3) is 0.125. The molecule has 0 radical (unpaired) electrons. The molecule has 0 atom stereocenters. The molecule has 1 aliphatic rings. The standard InChI is InChI=1S/C24H18N4O/c1-28-14-27-22-7-5-16(10-23(22)28)19-6-8-21-20(19)9-18(13-26-21)15-3-4-17(12-25)24(11-15)29-2/h3-7,9-11,13-14H,8H2,1-2H3. The summed E-state index contributed by atoms with van der Waals surface area (Å²) in [5, 5.41) is 9.22. The Morgan fingerprint density at radius 3 is 2.72 bits per heavy atom. The zero-order valence-corrected chi connectivity index (χ0v) is 16.2. The second-order valence-corrected chi connectivity index (χ2v) is 7.13. The fourth-order valence-electron chi connectivity index (χ4n) is 3.89. The number of rotatable bonds is 3. The van der Waals surface area contributed by atoms with E-state index in [1.54, 1.807) is 13.2 Å². The third-order valence-electron chi connectivity index (χ3n) is 5.45. The Hall–Kier alpha value is -3.91. The molecule has 0 unspecified atom stereocenters. The summed E-state index contributed by atoms with van der Waals surface area (Å²) in [6.07, 6.45) is 6.79. The van der Waals surface area contributed by atoms with Crippen LogP contribution in [-0.2, 0) is 13.5 Å². The van der Waals surface area contributed by atoms with Crippen molar-refractivity contribution in [2.24, 2.45) is 7.05 Å². The number of pyridine rings is 1. The molecule has 0 amide bonds. The Kier molecular flexibility index (Phi) is 3.92. The number of aryl methyl sites for hydroxylation is 1. The first-order valence-electron chi connectivity index (χ1n) is 9.37. The van der Waals surface area contributed by atoms with Gasteiger partial charge in [0.05, 0.1) is 35.7 Å². The molecule has 0 bridgehead atoms. The SMILES string of the molecule is COc1cc(-c2cnc3c(c2)C(c2ccc4ncn(C)c4c2)=CC3)ccc1C#N. The first-order chi connectivity index (χ1) is 14.2. The first-order valence-corrected chi connectivity index (χ1v) is 9.37. The second-order valence-electron chi connectivity index (χ2n) is 7.13. The molecule has 5 heteroatoms. The van der Waals surface area contributed by atoms with Crippen LogP contribution in [0.4, 0.5) is 0 Å². The average molecular weight is 378 g/mol. The monoisotopic (exact) mass is 378 g/mol. The van der Waals surface area contributed by atoms with Gasteiger partial charge in [0.25, 0.3) is 0 Å². The smallest absolute Gasteiger partial charge is 0.137 e. The lowest BCUT2D eigenvalue weighted by molar-refractivity contribution is 0.413. The van der Waals surface area contributed by atoms with Gasteiger partial charge >= 0.3 is 0 Å². The van der Waals surface area contributed by atoms with E-state index in [0.29, 0.717) is 11.3 Å². The maximum Gasteiger partial charge on any atom is 0.137 e. The molecule has 140 valence electrons. The molecule has 0 N–H and O–H groups in total. The van der Waals surface area contributed by atoms with Crippen LogP contribution in [-0.4, -0.2) is 21.6 Å². The number of benzene rings is 2. The summed E-state index contributed by atoms with van der Waals surface area (Å²) in [6.45, 7) is 0. The molecule has 29 heavy (non-hydrogen) atoms. The Morgan fingerprint density at radius 2 is 1.90 bits per heavy atom. The highest BCUT2D eigenvalue weighted by Gasteiger charge is 2.19. The Morgan fingerprint density at radius 1 is 1.03 bits per heavy atom. The lowest BCUT2D eigenvalue weighted by Gasteiger charge is -2.11. The van der Waals surface area contributed by atoms with Crippen molar-refractivity contribution < 1.29 is 4.74 Å². The van der Waals surface area contributed by atoms with Gasteiger partial charge in [0, 0.05) is 30.8 Å². The van der Waals surface area contributed by atoms with Gasteiger partial charge < -0.3 is 9.30 Å². The lowest BCUT2D eigenvalue weighted by atomic mass is 9.97. The topological polar surface area (TPSA) is 63.7 Å². The van der Waals surface area contributed by atoms with Crippen LogP contribution >= 0.6 is 0 Å². The number of ether oxygens (including phenoxy) is 1. The third kappa shape index (κ3) is 2.77. The van der Waals surface area contributed by atoms with Crippen molar-refractivity contribution in [3.63, 3.8) is 0 Å². The van der Waals surface area contributed by atoms with Gasteiger partial charge in [-0.3, -0.25) is 4.98 Å². The molecule has 5 nitrogen and oxygen atoms in total. The van der Waals surface area contributed by atoms with Crippen LogP contribution in [0.25, 0.3) is 27.7 Å². The normalized spacial score (nSPS) is 12.5. The van der Waals surface area contributed by atoms with Crippen molar-refractivity contribution in [1.29, 1.82) is 5.26 Å². The van der Waals surface area contributed by atoms with E-state index in [2.05, 4.69) is 41.4 Å². The van der Waals surface area contributed by atoms with E-state index in [-0.39, 0.29) is 0 Å². The number of fused-ring (bicyclic) bond motifs is 2. The minimum Gasteiger partial charge on any atom is -0.495 e. The molecule has 0 saturated carbocycles. The van der Waals surface area contributed by atoms with Gasteiger partial charge in [-0.15, -0.1) is 0 Å². The summed E-state index contributed by atoms with van der Waals surface area (Å²) in [5.74, 6) is 0.572. The number of allylic oxidation sites excluding steroid dienone is 1. The van der Waals surface area contributed by atoms with Crippen molar-refractivity contribution in [3.8, 4) is 22.9 Å². The minimum absolute atomic E-state index is 0.524. The Balaban J connectivity index is 1.59. The predicted molar refractivity (Wildman–Crippen MR) is 112 cm³/mol. The number of nitriles is 1. The number of methoxy groups -OCH3 is 1. The molecule has 2 aromatic carbocycles. The van der Waals surface area contributed by atoms with Gasteiger partial charge in [0.1, 0.15) is 11.8 Å². The molecular formula is C24H18N4O. The summed E-state index contributed by atoms with van der Waals surface area (Å²) in [7, 11) is 3.59. The summed E-state index contributed by atoms with van der Waals surface area (Å²) < 4.78 is 7.40. The maximum absolute atomic E-state index is 9.22. The molecule has 2 aromatic heterocycles. The number of aromatic nitrogens is 3. The van der Waals surface area contributed by atoms with Crippen LogP contribution in [0.2, 0.25) is 0 Å². The van der Waals surface area contributed by atoms with Gasteiger partial charge in [0.2, 0.25) is 0 Å². The van der Waals surface area contributed by atoms with Gasteiger partial charge in [-0.2, -0.15) is 5.26 Å². The van der Waals surface area contributed by atoms with E-state index in [1.807, 2.05) is 36.3 Å². The van der Waals surface area contributed by atoms with E-state index >= 15 is 0 Å². The molecule has 1 aliphatic carbocycles. The quantitative estimate of drug-likeness (QED) is 0.526. The zero-order valence-electron chi connectivity index (χ0n) is 16.2. The van der Waals surface area contributed by atoms with Crippen molar-refractivity contribution in [2.45, 2.75) is 6.42 Å². The average Bonchev–Trinajstić information content (AvgIpc) is 3.36. The molecule has 4 aromatic rings. The van der Waals surface area contributed by atoms with Gasteiger partial charge in [0.15, 0.2) is 0 Å². The van der Waals surface area contributed by atoms with E-state index in [0.717, 1.165) is 45.4 Å². The van der Waals surface area contributed by atoms with Crippen LogP contribution in [0, 0.1) is 11.3 Å². The zero-order chi connectivity index (χ0) is 20.0. The van der Waals surface area contributed by atoms with Crippen LogP contribution in [0.5, 0.6) is 5.75 Å². The number of hydrogen-bond donors (Lipinski definition) is 0. The van der Waals surface area contributed by atoms with Crippen LogP contribution in [0.1, 0.15) is 22.4 Å². The molecule has 5 rings (SSSR count). The highest BCUT2D eigenvalue weighted by Crippen LogP contribution is 2.36. The third-order valence-corrected chi connectivity index (χ3v) is 5.45. The Bertz CT molecular complexity index is 1340. The minimum atomic E-state index is 0.524. The van der Waals surface area contributed by atoms with Gasteiger partial charge in [-0.1, -0.05) is 18.2 Å². The highest BCUT2D eigenvalue weighted by molar-refractivity contribution is 5.90. The van der Waals surface area contributed by atoms with Crippen LogP contribution in [0.15, 0.2) is 61.1 Å². The highest BCUT2D eigenvalue weighted by atomic mass is 16.5. The Labute approximate surface area is 168 Å². The summed E-state index contributed by atoms with van der Waals surface area (Å²) in [5.41, 5.74) is 9.18. The molecule has 2 heterocycles. The van der Waals surface area contributed by atoms with Crippen molar-refractivity contribution in [2.75, 3.05) is 7.11 Å². The van der Waals surface area contributed by atoms with Crippen molar-refractivity contribution >= 4 is 16.6 Å². The van der Waals surface area contributed by atoms with Crippen LogP contribution < -0.4 is 4.74 Å². The number of nitrogens with zero attached hydrogens (tertiary/aromatic N) is 4. The van der Waals surface area contributed by atoms with E-state index < -0.39 is 0 Å².